The van der Waals surface area contributed by atoms with E-state index in [1.807, 2.05) is 0 Å². The molecule has 1 N–H and O–H groups in total. The molecule has 0 bridgehead atoms. The monoisotopic (exact) mass is 272 g/mol. The molecule has 0 amide bonds. The minimum Gasteiger partial charge on any atom is -0.371 e. The Morgan fingerprint density at radius 1 is 1.20 bits per heavy atom. The minimum atomic E-state index is 0.595. The highest BCUT2D eigenvalue weighted by Gasteiger charge is 2.18. The molecule has 0 aliphatic carbocycles. The smallest absolute Gasteiger partial charge is 0.227 e. The Kier molecular flexibility index (Phi) is 4.28. The van der Waals surface area contributed by atoms with Gasteiger partial charge in [0.25, 0.3) is 0 Å². The van der Waals surface area contributed by atoms with Crippen LogP contribution < -0.4 is 10.2 Å². The first kappa shape index (κ1) is 13.1. The van der Waals surface area contributed by atoms with Crippen LogP contribution in [0.2, 0.25) is 0 Å². The summed E-state index contributed by atoms with van der Waals surface area (Å²) in [4.78, 5) is 6.48. The molecule has 1 aliphatic rings. The summed E-state index contributed by atoms with van der Waals surface area (Å²) in [7, 11) is 0. The second-order valence-corrected chi connectivity index (χ2v) is 5.14. The summed E-state index contributed by atoms with van der Waals surface area (Å²) >= 11 is 0. The summed E-state index contributed by atoms with van der Waals surface area (Å²) < 4.78 is 4.99. The summed E-state index contributed by atoms with van der Waals surface area (Å²) in [6.07, 6.45) is 4.62. The number of para-hydroxylation sites is 1. The number of piperidine rings is 1. The normalized spacial score (nSPS) is 16.5. The lowest BCUT2D eigenvalue weighted by Gasteiger charge is -2.34. The van der Waals surface area contributed by atoms with Crippen molar-refractivity contribution in [3.05, 3.63) is 42.5 Å². The van der Waals surface area contributed by atoms with E-state index < -0.39 is 0 Å². The van der Waals surface area contributed by atoms with E-state index in [1.165, 1.54) is 24.9 Å². The molecule has 3 rings (SSSR count). The van der Waals surface area contributed by atoms with Crippen molar-refractivity contribution in [1.82, 2.24) is 15.5 Å². The summed E-state index contributed by atoms with van der Waals surface area (Å²) in [6, 6.07) is 11.2. The van der Waals surface area contributed by atoms with Crippen LogP contribution in [0.4, 0.5) is 5.69 Å². The number of nitrogens with one attached hydrogen (secondary N) is 1. The van der Waals surface area contributed by atoms with Crippen LogP contribution in [0.1, 0.15) is 18.7 Å². The summed E-state index contributed by atoms with van der Waals surface area (Å²) in [5.74, 6) is 0.708. The van der Waals surface area contributed by atoms with Crippen LogP contribution in [-0.2, 0) is 6.42 Å². The van der Waals surface area contributed by atoms with Crippen molar-refractivity contribution in [3.63, 3.8) is 0 Å². The summed E-state index contributed by atoms with van der Waals surface area (Å²) in [5, 5.41) is 7.19. The third-order valence-corrected chi connectivity index (χ3v) is 3.80. The molecular formula is C15H20N4O. The lowest BCUT2D eigenvalue weighted by molar-refractivity contribution is 0.363. The van der Waals surface area contributed by atoms with Crippen LogP contribution in [0, 0.1) is 0 Å². The first-order valence-electron chi connectivity index (χ1n) is 7.21. The molecule has 1 aromatic carbocycles. The third-order valence-electron chi connectivity index (χ3n) is 3.80. The number of rotatable bonds is 5. The molecule has 106 valence electrons. The maximum atomic E-state index is 4.99. The van der Waals surface area contributed by atoms with Crippen LogP contribution in [0.5, 0.6) is 0 Å². The van der Waals surface area contributed by atoms with Gasteiger partial charge in [0.2, 0.25) is 5.89 Å². The van der Waals surface area contributed by atoms with Gasteiger partial charge in [0.1, 0.15) is 0 Å². The van der Waals surface area contributed by atoms with E-state index in [-0.39, 0.29) is 0 Å². The van der Waals surface area contributed by atoms with Crippen molar-refractivity contribution in [1.29, 1.82) is 0 Å². The molecular weight excluding hydrogens is 252 g/mol. The molecule has 2 aromatic rings. The lowest BCUT2D eigenvalue weighted by atomic mass is 10.0. The molecule has 0 unspecified atom stereocenters. The van der Waals surface area contributed by atoms with E-state index >= 15 is 0 Å². The first-order valence-corrected chi connectivity index (χ1v) is 7.21. The van der Waals surface area contributed by atoms with Gasteiger partial charge in [-0.25, -0.2) is 0 Å². The van der Waals surface area contributed by atoms with Crippen molar-refractivity contribution in [2.24, 2.45) is 0 Å². The van der Waals surface area contributed by atoms with Crippen molar-refractivity contribution in [3.8, 4) is 0 Å². The fourth-order valence-electron chi connectivity index (χ4n) is 2.67. The summed E-state index contributed by atoms with van der Waals surface area (Å²) in [6.45, 7) is 3.13. The van der Waals surface area contributed by atoms with E-state index in [0.717, 1.165) is 26.1 Å². The fourth-order valence-corrected chi connectivity index (χ4v) is 2.67. The van der Waals surface area contributed by atoms with Gasteiger partial charge >= 0.3 is 0 Å². The van der Waals surface area contributed by atoms with Gasteiger partial charge < -0.3 is 14.7 Å². The molecule has 1 aliphatic heterocycles. The van der Waals surface area contributed by atoms with E-state index in [2.05, 4.69) is 50.7 Å². The third kappa shape index (κ3) is 3.36. The van der Waals surface area contributed by atoms with Gasteiger partial charge in [0, 0.05) is 37.8 Å². The van der Waals surface area contributed by atoms with Crippen molar-refractivity contribution in [2.45, 2.75) is 25.3 Å². The molecule has 2 heterocycles. The number of aromatic nitrogens is 2. The molecule has 0 spiro atoms. The van der Waals surface area contributed by atoms with Crippen molar-refractivity contribution >= 4 is 5.69 Å². The Morgan fingerprint density at radius 2 is 2.00 bits per heavy atom. The lowest BCUT2D eigenvalue weighted by Crippen LogP contribution is -2.43. The molecule has 1 fully saturated rings. The maximum absolute atomic E-state index is 4.99. The van der Waals surface area contributed by atoms with Crippen LogP contribution in [-0.4, -0.2) is 35.8 Å². The average molecular weight is 272 g/mol. The van der Waals surface area contributed by atoms with Gasteiger partial charge in [-0.1, -0.05) is 23.4 Å². The van der Waals surface area contributed by atoms with E-state index in [4.69, 9.17) is 4.52 Å². The Hall–Kier alpha value is -1.88. The predicted octanol–water partition coefficient (Wildman–Crippen LogP) is 1.87. The zero-order valence-electron chi connectivity index (χ0n) is 11.5. The topological polar surface area (TPSA) is 54.2 Å². The van der Waals surface area contributed by atoms with Crippen molar-refractivity contribution in [2.75, 3.05) is 24.5 Å². The zero-order valence-corrected chi connectivity index (χ0v) is 11.5. The first-order chi connectivity index (χ1) is 9.92. The molecule has 0 radical (unpaired) electrons. The second kappa shape index (κ2) is 6.52. The molecule has 0 saturated carbocycles. The SMILES string of the molecule is c1ccc(N2CCC(NCCc3ncno3)CC2)cc1. The number of anilines is 1. The highest BCUT2D eigenvalue weighted by molar-refractivity contribution is 5.46. The average Bonchev–Trinajstić information content (AvgIpc) is 3.02. The van der Waals surface area contributed by atoms with Gasteiger partial charge in [-0.05, 0) is 25.0 Å². The molecule has 5 heteroatoms. The van der Waals surface area contributed by atoms with Crippen LogP contribution in [0.15, 0.2) is 41.2 Å². The summed E-state index contributed by atoms with van der Waals surface area (Å²) in [5.41, 5.74) is 1.33. The molecule has 1 aromatic heterocycles. The molecule has 1 saturated heterocycles. The standard InChI is InChI=1S/C15H20N4O/c1-2-4-14(5-3-1)19-10-7-13(8-11-19)16-9-6-15-17-12-18-20-15/h1-5,12-13,16H,6-11H2. The fraction of sp³-hybridized carbons (Fsp3) is 0.467. The second-order valence-electron chi connectivity index (χ2n) is 5.14. The van der Waals surface area contributed by atoms with Gasteiger partial charge in [-0.2, -0.15) is 4.98 Å². The molecule has 20 heavy (non-hydrogen) atoms. The van der Waals surface area contributed by atoms with Gasteiger partial charge in [-0.15, -0.1) is 0 Å². The van der Waals surface area contributed by atoms with Gasteiger partial charge in [0.15, 0.2) is 6.33 Å². The number of nitrogens with zero attached hydrogens (tertiary/aromatic N) is 3. The largest absolute Gasteiger partial charge is 0.371 e. The number of hydrogen-bond donors (Lipinski definition) is 1. The minimum absolute atomic E-state index is 0.595. The van der Waals surface area contributed by atoms with Crippen molar-refractivity contribution < 1.29 is 4.52 Å². The van der Waals surface area contributed by atoms with E-state index in [0.29, 0.717) is 11.9 Å². The van der Waals surface area contributed by atoms with Crippen LogP contribution in [0.3, 0.4) is 0 Å². The Bertz CT molecular complexity index is 492. The highest BCUT2D eigenvalue weighted by Crippen LogP contribution is 2.19. The van der Waals surface area contributed by atoms with Gasteiger partial charge in [0.05, 0.1) is 0 Å². The van der Waals surface area contributed by atoms with E-state index in [9.17, 15) is 0 Å². The van der Waals surface area contributed by atoms with Crippen LogP contribution in [0.25, 0.3) is 0 Å². The maximum Gasteiger partial charge on any atom is 0.227 e. The number of hydrogen-bond acceptors (Lipinski definition) is 5. The van der Waals surface area contributed by atoms with E-state index in [1.54, 1.807) is 0 Å². The quantitative estimate of drug-likeness (QED) is 0.900. The predicted molar refractivity (Wildman–Crippen MR) is 77.7 cm³/mol. The van der Waals surface area contributed by atoms with Crippen LogP contribution >= 0.6 is 0 Å². The molecule has 0 atom stereocenters. The number of benzene rings is 1. The highest BCUT2D eigenvalue weighted by atomic mass is 16.5. The molecule has 5 nitrogen and oxygen atoms in total. The Morgan fingerprint density at radius 3 is 2.70 bits per heavy atom. The Balaban J connectivity index is 1.40. The van der Waals surface area contributed by atoms with Gasteiger partial charge in [-0.3, -0.25) is 0 Å². The zero-order chi connectivity index (χ0) is 13.6. The Labute approximate surface area is 119 Å².